The number of rotatable bonds is 2. The molecule has 1 aliphatic rings. The number of amides is 2. The van der Waals surface area contributed by atoms with Crippen LogP contribution in [0.4, 0.5) is 0 Å². The van der Waals surface area contributed by atoms with E-state index < -0.39 is 29.9 Å². The van der Waals surface area contributed by atoms with Gasteiger partial charge in [-0.3, -0.25) is 14.5 Å². The number of carbonyl (C=O) groups excluding carboxylic acids is 3. The maximum atomic E-state index is 11.8. The van der Waals surface area contributed by atoms with Crippen LogP contribution in [-0.2, 0) is 14.4 Å². The van der Waals surface area contributed by atoms with E-state index in [1.807, 2.05) is 0 Å². The molecule has 0 spiro atoms. The molecule has 0 unspecified atom stereocenters. The zero-order valence-corrected chi connectivity index (χ0v) is 9.26. The van der Waals surface area contributed by atoms with Crippen LogP contribution in [0.2, 0.25) is 0 Å². The minimum atomic E-state index is -0.810. The first-order valence-corrected chi connectivity index (χ1v) is 5.32. The van der Waals surface area contributed by atoms with E-state index in [9.17, 15) is 14.4 Å². The van der Waals surface area contributed by atoms with Gasteiger partial charge in [0.25, 0.3) is 0 Å². The summed E-state index contributed by atoms with van der Waals surface area (Å²) in [6.07, 6.45) is 2.16. The van der Waals surface area contributed by atoms with Crippen molar-refractivity contribution in [2.75, 3.05) is 0 Å². The summed E-state index contributed by atoms with van der Waals surface area (Å²) in [7, 11) is 0. The zero-order chi connectivity index (χ0) is 12.3. The molecule has 1 heterocycles. The quantitative estimate of drug-likeness (QED) is 0.453. The predicted octanol–water partition coefficient (Wildman–Crippen LogP) is -1.23. The maximum Gasteiger partial charge on any atom is 0.246 e. The van der Waals surface area contributed by atoms with Crippen LogP contribution >= 0.6 is 0 Å². The number of hydrogen-bond donors (Lipinski definition) is 2. The molecule has 0 radical (unpaired) electrons. The molecule has 1 rings (SSSR count). The Kier molecular flexibility index (Phi) is 4.14. The van der Waals surface area contributed by atoms with E-state index in [0.717, 1.165) is 4.90 Å². The number of imide groups is 1. The SMILES string of the molecule is C[C@H](C=O)N1C(=O)[C@H](N)CCC[C@H](N)C1=O. The second kappa shape index (κ2) is 5.18. The first-order valence-electron chi connectivity index (χ1n) is 5.32. The van der Waals surface area contributed by atoms with Crippen LogP contribution in [-0.4, -0.2) is 41.1 Å². The van der Waals surface area contributed by atoms with E-state index in [4.69, 9.17) is 11.5 Å². The van der Waals surface area contributed by atoms with Crippen molar-refractivity contribution < 1.29 is 14.4 Å². The molecular formula is C10H17N3O3. The lowest BCUT2D eigenvalue weighted by molar-refractivity contribution is -0.151. The highest BCUT2D eigenvalue weighted by Crippen LogP contribution is 2.13. The van der Waals surface area contributed by atoms with Gasteiger partial charge in [-0.25, -0.2) is 0 Å². The molecule has 0 aromatic rings. The summed E-state index contributed by atoms with van der Waals surface area (Å²) in [5.41, 5.74) is 11.3. The zero-order valence-electron chi connectivity index (χ0n) is 9.26. The fourth-order valence-electron chi connectivity index (χ4n) is 1.73. The molecule has 0 aromatic heterocycles. The van der Waals surface area contributed by atoms with Crippen molar-refractivity contribution in [3.8, 4) is 0 Å². The maximum absolute atomic E-state index is 11.8. The van der Waals surface area contributed by atoms with Gasteiger partial charge in [-0.2, -0.15) is 0 Å². The van der Waals surface area contributed by atoms with Crippen LogP contribution in [0.15, 0.2) is 0 Å². The fraction of sp³-hybridized carbons (Fsp3) is 0.700. The number of likely N-dealkylation sites (tertiary alicyclic amines) is 1. The Labute approximate surface area is 93.9 Å². The molecule has 4 N–H and O–H groups in total. The third-order valence-electron chi connectivity index (χ3n) is 2.74. The lowest BCUT2D eigenvalue weighted by atomic mass is 10.00. The Morgan fingerprint density at radius 2 is 1.69 bits per heavy atom. The van der Waals surface area contributed by atoms with Gasteiger partial charge in [0.05, 0.1) is 18.1 Å². The topological polar surface area (TPSA) is 106 Å². The molecule has 0 bridgehead atoms. The van der Waals surface area contributed by atoms with Crippen LogP contribution in [0.25, 0.3) is 0 Å². The summed E-state index contributed by atoms with van der Waals surface area (Å²) in [6.45, 7) is 1.48. The Hall–Kier alpha value is -1.27. The molecule has 90 valence electrons. The van der Waals surface area contributed by atoms with Gasteiger partial charge in [-0.05, 0) is 26.2 Å². The summed E-state index contributed by atoms with van der Waals surface area (Å²) in [6, 6.07) is -2.26. The van der Waals surface area contributed by atoms with E-state index in [-0.39, 0.29) is 0 Å². The highest BCUT2D eigenvalue weighted by Gasteiger charge is 2.35. The van der Waals surface area contributed by atoms with Crippen molar-refractivity contribution in [1.29, 1.82) is 0 Å². The number of nitrogens with zero attached hydrogens (tertiary/aromatic N) is 1. The average molecular weight is 227 g/mol. The molecule has 2 amide bonds. The molecule has 1 aliphatic heterocycles. The number of carbonyl (C=O) groups is 3. The normalized spacial score (nSPS) is 29.6. The lowest BCUT2D eigenvalue weighted by Gasteiger charge is -2.31. The van der Waals surface area contributed by atoms with Crippen molar-refractivity contribution in [2.45, 2.75) is 44.3 Å². The monoisotopic (exact) mass is 227 g/mol. The van der Waals surface area contributed by atoms with Crippen molar-refractivity contribution >= 4 is 18.1 Å². The lowest BCUT2D eigenvalue weighted by Crippen LogP contribution is -2.57. The second-order valence-electron chi connectivity index (χ2n) is 4.07. The van der Waals surface area contributed by atoms with Gasteiger partial charge >= 0.3 is 0 Å². The first-order chi connectivity index (χ1) is 7.49. The Morgan fingerprint density at radius 1 is 1.25 bits per heavy atom. The number of hydrogen-bond acceptors (Lipinski definition) is 5. The molecule has 3 atom stereocenters. The van der Waals surface area contributed by atoms with Crippen LogP contribution in [0.1, 0.15) is 26.2 Å². The highest BCUT2D eigenvalue weighted by atomic mass is 16.2. The van der Waals surface area contributed by atoms with Gasteiger partial charge in [-0.15, -0.1) is 0 Å². The number of nitrogens with two attached hydrogens (primary N) is 2. The summed E-state index contributed by atoms with van der Waals surface area (Å²) in [5.74, 6) is -1.03. The summed E-state index contributed by atoms with van der Waals surface area (Å²) < 4.78 is 0. The molecule has 1 fully saturated rings. The molecule has 1 saturated heterocycles. The third-order valence-corrected chi connectivity index (χ3v) is 2.74. The van der Waals surface area contributed by atoms with Crippen molar-refractivity contribution in [3.05, 3.63) is 0 Å². The molecule has 0 saturated carbocycles. The van der Waals surface area contributed by atoms with Crippen molar-refractivity contribution in [2.24, 2.45) is 11.5 Å². The summed E-state index contributed by atoms with van der Waals surface area (Å²) >= 11 is 0. The van der Waals surface area contributed by atoms with Crippen molar-refractivity contribution in [1.82, 2.24) is 4.90 Å². The molecular weight excluding hydrogens is 210 g/mol. The van der Waals surface area contributed by atoms with E-state index in [0.29, 0.717) is 25.5 Å². The average Bonchev–Trinajstić information content (AvgIpc) is 2.27. The Morgan fingerprint density at radius 3 is 2.06 bits per heavy atom. The van der Waals surface area contributed by atoms with Gasteiger partial charge in [0, 0.05) is 0 Å². The van der Waals surface area contributed by atoms with Gasteiger partial charge in [0.2, 0.25) is 11.8 Å². The van der Waals surface area contributed by atoms with E-state index in [1.54, 1.807) is 0 Å². The van der Waals surface area contributed by atoms with Crippen LogP contribution < -0.4 is 11.5 Å². The minimum absolute atomic E-state index is 0.488. The molecule has 0 aliphatic carbocycles. The predicted molar refractivity (Wildman–Crippen MR) is 57.2 cm³/mol. The largest absolute Gasteiger partial charge is 0.320 e. The van der Waals surface area contributed by atoms with Gasteiger partial charge in [-0.1, -0.05) is 0 Å². The summed E-state index contributed by atoms with van der Waals surface area (Å²) in [5, 5.41) is 0. The van der Waals surface area contributed by atoms with Crippen LogP contribution in [0.3, 0.4) is 0 Å². The Bertz CT molecular complexity index is 284. The first kappa shape index (κ1) is 12.8. The molecule has 16 heavy (non-hydrogen) atoms. The smallest absolute Gasteiger partial charge is 0.246 e. The highest BCUT2D eigenvalue weighted by molar-refractivity contribution is 6.02. The number of aldehydes is 1. The van der Waals surface area contributed by atoms with Crippen molar-refractivity contribution in [3.63, 3.8) is 0 Å². The fourth-order valence-corrected chi connectivity index (χ4v) is 1.73. The molecule has 0 aromatic carbocycles. The van der Waals surface area contributed by atoms with Gasteiger partial charge < -0.3 is 16.3 Å². The van der Waals surface area contributed by atoms with Gasteiger partial charge in [0.1, 0.15) is 6.29 Å². The summed E-state index contributed by atoms with van der Waals surface area (Å²) in [4.78, 5) is 35.2. The van der Waals surface area contributed by atoms with E-state index >= 15 is 0 Å². The van der Waals surface area contributed by atoms with E-state index in [1.165, 1.54) is 6.92 Å². The Balaban J connectivity index is 2.98. The van der Waals surface area contributed by atoms with Crippen LogP contribution in [0, 0.1) is 0 Å². The molecule has 6 heteroatoms. The van der Waals surface area contributed by atoms with E-state index in [2.05, 4.69) is 0 Å². The van der Waals surface area contributed by atoms with Crippen LogP contribution in [0.5, 0.6) is 0 Å². The second-order valence-corrected chi connectivity index (χ2v) is 4.07. The molecule has 6 nitrogen and oxygen atoms in total. The standard InChI is InChI=1S/C10H17N3O3/c1-6(5-14)13-9(15)7(11)3-2-4-8(12)10(13)16/h5-8H,2-4,11-12H2,1H3/t6-,7-,8+/m1/s1. The van der Waals surface area contributed by atoms with Gasteiger partial charge in [0.15, 0.2) is 0 Å². The third kappa shape index (κ3) is 2.45. The minimum Gasteiger partial charge on any atom is -0.320 e.